The molecule has 6 nitrogen and oxygen atoms in total. The molecule has 0 bridgehead atoms. The van der Waals surface area contributed by atoms with Crippen LogP contribution in [0.3, 0.4) is 0 Å². The molecule has 7 heteroatoms. The van der Waals surface area contributed by atoms with Crippen LogP contribution in [0.1, 0.15) is 44.6 Å². The van der Waals surface area contributed by atoms with Crippen molar-refractivity contribution in [3.8, 4) is 5.69 Å². The van der Waals surface area contributed by atoms with Gasteiger partial charge in [0.25, 0.3) is 0 Å². The molecule has 1 aromatic heterocycles. The second-order valence-electron chi connectivity index (χ2n) is 5.11. The number of rotatable bonds is 8. The van der Waals surface area contributed by atoms with Gasteiger partial charge in [-0.1, -0.05) is 37.8 Å². The summed E-state index contributed by atoms with van der Waals surface area (Å²) >= 11 is 6.04. The van der Waals surface area contributed by atoms with Crippen LogP contribution in [0.15, 0.2) is 24.5 Å². The number of amides is 1. The lowest BCUT2D eigenvalue weighted by molar-refractivity contribution is -0.121. The number of hydrogen-bond donors (Lipinski definition) is 1. The van der Waals surface area contributed by atoms with Gasteiger partial charge in [-0.25, -0.2) is 4.68 Å². The first kappa shape index (κ1) is 16.4. The first-order valence-electron chi connectivity index (χ1n) is 7.49. The zero-order valence-corrected chi connectivity index (χ0v) is 13.4. The molecule has 1 heterocycles. The van der Waals surface area contributed by atoms with E-state index < -0.39 is 0 Å². The highest BCUT2D eigenvalue weighted by molar-refractivity contribution is 6.30. The molecule has 118 valence electrons. The first-order valence-corrected chi connectivity index (χ1v) is 7.87. The highest BCUT2D eigenvalue weighted by Crippen LogP contribution is 2.18. The van der Waals surface area contributed by atoms with Gasteiger partial charge in [-0.2, -0.15) is 0 Å². The van der Waals surface area contributed by atoms with Crippen molar-refractivity contribution in [2.45, 2.75) is 45.6 Å². The molecule has 0 saturated carbocycles. The van der Waals surface area contributed by atoms with E-state index in [1.54, 1.807) is 10.7 Å². The fraction of sp³-hybridized carbons (Fsp3) is 0.467. The standard InChI is InChI=1S/C15H20ClN5O/c1-2-3-4-5-6-15(22)17-10-12-9-13(16)7-8-14(12)21-11-18-19-20-21/h7-9,11H,2-6,10H2,1H3,(H,17,22). The van der Waals surface area contributed by atoms with Crippen molar-refractivity contribution in [2.24, 2.45) is 0 Å². The number of benzene rings is 1. The van der Waals surface area contributed by atoms with Gasteiger partial charge in [-0.15, -0.1) is 5.10 Å². The van der Waals surface area contributed by atoms with Crippen LogP contribution in [-0.2, 0) is 11.3 Å². The molecule has 1 amide bonds. The number of tetrazole rings is 1. The molecule has 22 heavy (non-hydrogen) atoms. The molecule has 2 rings (SSSR count). The van der Waals surface area contributed by atoms with Crippen molar-refractivity contribution >= 4 is 17.5 Å². The molecule has 1 aromatic carbocycles. The van der Waals surface area contributed by atoms with E-state index in [1.807, 2.05) is 12.1 Å². The Hall–Kier alpha value is -1.95. The fourth-order valence-electron chi connectivity index (χ4n) is 2.19. The molecule has 0 aliphatic heterocycles. The van der Waals surface area contributed by atoms with Crippen molar-refractivity contribution in [3.63, 3.8) is 0 Å². The molecule has 0 radical (unpaired) electrons. The molecular weight excluding hydrogens is 302 g/mol. The van der Waals surface area contributed by atoms with Gasteiger partial charge >= 0.3 is 0 Å². The van der Waals surface area contributed by atoms with E-state index in [0.717, 1.165) is 24.1 Å². The first-order chi connectivity index (χ1) is 10.7. The van der Waals surface area contributed by atoms with E-state index in [0.29, 0.717) is 18.0 Å². The van der Waals surface area contributed by atoms with Gasteiger partial charge in [0.05, 0.1) is 5.69 Å². The molecule has 2 aromatic rings. The number of unbranched alkanes of at least 4 members (excludes halogenated alkanes) is 3. The van der Waals surface area contributed by atoms with Crippen LogP contribution in [0, 0.1) is 0 Å². The SMILES string of the molecule is CCCCCCC(=O)NCc1cc(Cl)ccc1-n1cnnn1. The summed E-state index contributed by atoms with van der Waals surface area (Å²) in [6.45, 7) is 2.56. The van der Waals surface area contributed by atoms with Crippen LogP contribution in [-0.4, -0.2) is 26.1 Å². The molecule has 0 unspecified atom stereocenters. The van der Waals surface area contributed by atoms with Gasteiger partial charge < -0.3 is 5.32 Å². The van der Waals surface area contributed by atoms with Crippen LogP contribution >= 0.6 is 11.6 Å². The number of carbonyl (C=O) groups excluding carboxylic acids is 1. The van der Waals surface area contributed by atoms with E-state index in [2.05, 4.69) is 27.8 Å². The largest absolute Gasteiger partial charge is 0.352 e. The molecule has 0 aliphatic carbocycles. The van der Waals surface area contributed by atoms with E-state index in [9.17, 15) is 4.79 Å². The summed E-state index contributed by atoms with van der Waals surface area (Å²) in [5, 5.41) is 14.7. The minimum atomic E-state index is 0.0544. The normalized spacial score (nSPS) is 10.6. The zero-order chi connectivity index (χ0) is 15.8. The smallest absolute Gasteiger partial charge is 0.220 e. The number of carbonyl (C=O) groups is 1. The van der Waals surface area contributed by atoms with E-state index in [4.69, 9.17) is 11.6 Å². The maximum absolute atomic E-state index is 11.9. The Labute approximate surface area is 134 Å². The van der Waals surface area contributed by atoms with Crippen LogP contribution in [0.5, 0.6) is 0 Å². The Kier molecular flexibility index (Phi) is 6.33. The number of nitrogens with one attached hydrogen (secondary N) is 1. The average Bonchev–Trinajstić information content (AvgIpc) is 3.04. The van der Waals surface area contributed by atoms with Gasteiger partial charge in [0, 0.05) is 18.0 Å². The summed E-state index contributed by atoms with van der Waals surface area (Å²) in [6.07, 6.45) is 6.43. The summed E-state index contributed by atoms with van der Waals surface area (Å²) in [5.74, 6) is 0.0544. The van der Waals surface area contributed by atoms with Crippen LogP contribution < -0.4 is 5.32 Å². The lowest BCUT2D eigenvalue weighted by Crippen LogP contribution is -2.23. The Morgan fingerprint density at radius 1 is 1.32 bits per heavy atom. The van der Waals surface area contributed by atoms with Crippen molar-refractivity contribution in [3.05, 3.63) is 35.1 Å². The van der Waals surface area contributed by atoms with E-state index in [1.165, 1.54) is 19.2 Å². The quantitative estimate of drug-likeness (QED) is 0.759. The second-order valence-corrected chi connectivity index (χ2v) is 5.55. The second kappa shape index (κ2) is 8.48. The van der Waals surface area contributed by atoms with Gasteiger partial charge in [0.2, 0.25) is 5.91 Å². The number of nitrogens with zero attached hydrogens (tertiary/aromatic N) is 4. The summed E-state index contributed by atoms with van der Waals surface area (Å²) < 4.78 is 1.55. The molecule has 0 aliphatic rings. The minimum Gasteiger partial charge on any atom is -0.352 e. The molecule has 1 N–H and O–H groups in total. The predicted octanol–water partition coefficient (Wildman–Crippen LogP) is 2.90. The Balaban J connectivity index is 1.95. The number of halogens is 1. The highest BCUT2D eigenvalue weighted by Gasteiger charge is 2.09. The molecule has 0 spiro atoms. The van der Waals surface area contributed by atoms with E-state index >= 15 is 0 Å². The van der Waals surface area contributed by atoms with Crippen LogP contribution in [0.25, 0.3) is 5.69 Å². The molecular formula is C15H20ClN5O. The third-order valence-corrected chi connectivity index (χ3v) is 3.61. The van der Waals surface area contributed by atoms with Crippen LogP contribution in [0.2, 0.25) is 5.02 Å². The fourth-order valence-corrected chi connectivity index (χ4v) is 2.38. The number of hydrogen-bond acceptors (Lipinski definition) is 4. The lowest BCUT2D eigenvalue weighted by Gasteiger charge is -2.10. The minimum absolute atomic E-state index is 0.0544. The van der Waals surface area contributed by atoms with Crippen molar-refractivity contribution < 1.29 is 4.79 Å². The predicted molar refractivity (Wildman–Crippen MR) is 84.8 cm³/mol. The average molecular weight is 322 g/mol. The maximum atomic E-state index is 11.9. The highest BCUT2D eigenvalue weighted by atomic mass is 35.5. The topological polar surface area (TPSA) is 72.7 Å². The van der Waals surface area contributed by atoms with Crippen LogP contribution in [0.4, 0.5) is 0 Å². The van der Waals surface area contributed by atoms with Crippen molar-refractivity contribution in [2.75, 3.05) is 0 Å². The van der Waals surface area contributed by atoms with Crippen molar-refractivity contribution in [1.82, 2.24) is 25.5 Å². The third kappa shape index (κ3) is 4.80. The summed E-state index contributed by atoms with van der Waals surface area (Å²) in [5.41, 5.74) is 1.68. The van der Waals surface area contributed by atoms with Gasteiger partial charge in [-0.05, 0) is 40.6 Å². The van der Waals surface area contributed by atoms with Gasteiger partial charge in [0.1, 0.15) is 6.33 Å². The van der Waals surface area contributed by atoms with Gasteiger partial charge in [-0.3, -0.25) is 4.79 Å². The molecule has 0 atom stereocenters. The summed E-state index contributed by atoms with van der Waals surface area (Å²) in [4.78, 5) is 11.9. The summed E-state index contributed by atoms with van der Waals surface area (Å²) in [7, 11) is 0. The van der Waals surface area contributed by atoms with Gasteiger partial charge in [0.15, 0.2) is 0 Å². The number of aromatic nitrogens is 4. The van der Waals surface area contributed by atoms with Crippen molar-refractivity contribution in [1.29, 1.82) is 0 Å². The maximum Gasteiger partial charge on any atom is 0.220 e. The van der Waals surface area contributed by atoms with E-state index in [-0.39, 0.29) is 5.91 Å². The molecule has 0 fully saturated rings. The monoisotopic (exact) mass is 321 g/mol. The lowest BCUT2D eigenvalue weighted by atomic mass is 10.1. The Morgan fingerprint density at radius 3 is 2.91 bits per heavy atom. The summed E-state index contributed by atoms with van der Waals surface area (Å²) in [6, 6.07) is 5.42. The Bertz CT molecular complexity index is 600. The zero-order valence-electron chi connectivity index (χ0n) is 12.6. The molecule has 0 saturated heterocycles. The third-order valence-electron chi connectivity index (χ3n) is 3.37. The Morgan fingerprint density at radius 2 is 2.18 bits per heavy atom.